The highest BCUT2D eigenvalue weighted by Crippen LogP contribution is 2.38. The van der Waals surface area contributed by atoms with E-state index in [2.05, 4.69) is 11.5 Å². The first-order valence-corrected chi connectivity index (χ1v) is 7.71. The highest BCUT2D eigenvalue weighted by Gasteiger charge is 2.25. The van der Waals surface area contributed by atoms with Gasteiger partial charge in [-0.1, -0.05) is 42.6 Å². The zero-order valence-electron chi connectivity index (χ0n) is 11.8. The zero-order chi connectivity index (χ0) is 14.1. The van der Waals surface area contributed by atoms with Crippen LogP contribution in [0.1, 0.15) is 44.3 Å². The van der Waals surface area contributed by atoms with Gasteiger partial charge in [0.15, 0.2) is 0 Å². The predicted octanol–water partition coefficient (Wildman–Crippen LogP) is 4.46. The third kappa shape index (κ3) is 2.20. The number of hydrogen-bond donors (Lipinski definition) is 1. The van der Waals surface area contributed by atoms with Gasteiger partial charge in [0.05, 0.1) is 5.02 Å². The molecule has 0 aliphatic heterocycles. The Hall–Kier alpha value is -1.48. The molecule has 4 heteroatoms. The van der Waals surface area contributed by atoms with Gasteiger partial charge in [-0.3, -0.25) is 0 Å². The minimum atomic E-state index is 0.550. The van der Waals surface area contributed by atoms with Crippen molar-refractivity contribution in [1.29, 1.82) is 0 Å². The van der Waals surface area contributed by atoms with Crippen molar-refractivity contribution in [2.75, 3.05) is 5.73 Å². The lowest BCUT2D eigenvalue weighted by Crippen LogP contribution is -2.08. The highest BCUT2D eigenvalue weighted by atomic mass is 35.5. The third-order valence-electron chi connectivity index (χ3n) is 4.20. The predicted molar refractivity (Wildman–Crippen MR) is 84.0 cm³/mol. The van der Waals surface area contributed by atoms with Crippen molar-refractivity contribution in [2.45, 2.75) is 45.1 Å². The van der Waals surface area contributed by atoms with Crippen molar-refractivity contribution in [3.8, 4) is 11.3 Å². The van der Waals surface area contributed by atoms with Crippen LogP contribution in [-0.2, 0) is 6.54 Å². The molecule has 1 saturated carbocycles. The monoisotopic (exact) mass is 289 g/mol. The Morgan fingerprint density at radius 2 is 2.00 bits per heavy atom. The lowest BCUT2D eigenvalue weighted by atomic mass is 10.1. The molecule has 0 spiro atoms. The molecule has 0 saturated heterocycles. The summed E-state index contributed by atoms with van der Waals surface area (Å²) >= 11 is 6.29. The van der Waals surface area contributed by atoms with E-state index in [9.17, 15) is 0 Å². The summed E-state index contributed by atoms with van der Waals surface area (Å²) in [6.07, 6.45) is 5.03. The summed E-state index contributed by atoms with van der Waals surface area (Å²) in [7, 11) is 0. The van der Waals surface area contributed by atoms with Crippen LogP contribution in [0.15, 0.2) is 24.3 Å². The van der Waals surface area contributed by atoms with Crippen LogP contribution in [-0.4, -0.2) is 9.55 Å². The molecule has 106 valence electrons. The van der Waals surface area contributed by atoms with Gasteiger partial charge in [-0.05, 0) is 25.8 Å². The summed E-state index contributed by atoms with van der Waals surface area (Å²) in [5.41, 5.74) is 8.09. The van der Waals surface area contributed by atoms with E-state index in [0.717, 1.165) is 29.4 Å². The van der Waals surface area contributed by atoms with Crippen LogP contribution >= 0.6 is 11.6 Å². The fourth-order valence-electron chi connectivity index (χ4n) is 3.16. The second kappa shape index (κ2) is 5.49. The molecule has 1 aromatic heterocycles. The highest BCUT2D eigenvalue weighted by molar-refractivity contribution is 6.33. The maximum atomic E-state index is 6.33. The first-order valence-electron chi connectivity index (χ1n) is 7.33. The molecular weight excluding hydrogens is 270 g/mol. The number of benzene rings is 1. The molecule has 0 unspecified atom stereocenters. The van der Waals surface area contributed by atoms with Crippen molar-refractivity contribution < 1.29 is 0 Å². The van der Waals surface area contributed by atoms with Gasteiger partial charge < -0.3 is 10.3 Å². The fraction of sp³-hybridized carbons (Fsp3) is 0.438. The topological polar surface area (TPSA) is 43.8 Å². The van der Waals surface area contributed by atoms with Gasteiger partial charge in [0.2, 0.25) is 0 Å². The van der Waals surface area contributed by atoms with E-state index in [4.69, 9.17) is 22.3 Å². The van der Waals surface area contributed by atoms with Crippen LogP contribution in [0.25, 0.3) is 11.3 Å². The van der Waals surface area contributed by atoms with Gasteiger partial charge in [0, 0.05) is 18.0 Å². The number of aromatic nitrogens is 2. The largest absolute Gasteiger partial charge is 0.383 e. The molecule has 0 radical (unpaired) electrons. The third-order valence-corrected chi connectivity index (χ3v) is 4.53. The molecule has 2 aromatic rings. The Bertz CT molecular complexity index is 612. The molecule has 1 fully saturated rings. The van der Waals surface area contributed by atoms with Gasteiger partial charge in [0.1, 0.15) is 17.3 Å². The number of imidazole rings is 1. The van der Waals surface area contributed by atoms with Crippen molar-refractivity contribution >= 4 is 17.4 Å². The minimum Gasteiger partial charge on any atom is -0.383 e. The van der Waals surface area contributed by atoms with Gasteiger partial charge in [-0.15, -0.1) is 0 Å². The van der Waals surface area contributed by atoms with E-state index in [1.165, 1.54) is 25.7 Å². The zero-order valence-corrected chi connectivity index (χ0v) is 12.5. The summed E-state index contributed by atoms with van der Waals surface area (Å²) in [5, 5.41) is 0.706. The molecular formula is C16H20ClN3. The number of nitrogens with zero attached hydrogens (tertiary/aromatic N) is 2. The van der Waals surface area contributed by atoms with Crippen molar-refractivity contribution in [1.82, 2.24) is 9.55 Å². The van der Waals surface area contributed by atoms with Crippen molar-refractivity contribution in [3.05, 3.63) is 35.1 Å². The normalized spacial score (nSPS) is 15.9. The molecule has 3 nitrogen and oxygen atoms in total. The number of hydrogen-bond acceptors (Lipinski definition) is 2. The van der Waals surface area contributed by atoms with E-state index in [-0.39, 0.29) is 0 Å². The molecule has 3 rings (SSSR count). The smallest absolute Gasteiger partial charge is 0.131 e. The number of nitrogen functional groups attached to an aromatic ring is 1. The van der Waals surface area contributed by atoms with Gasteiger partial charge in [0.25, 0.3) is 0 Å². The standard InChI is InChI=1S/C16H20ClN3/c1-2-20-15(18)14(12-9-5-6-10-13(12)17)19-16(20)11-7-3-4-8-11/h5-6,9-11H,2-4,7-8,18H2,1H3. The Morgan fingerprint density at radius 3 is 2.65 bits per heavy atom. The van der Waals surface area contributed by atoms with Crippen molar-refractivity contribution in [2.24, 2.45) is 0 Å². The van der Waals surface area contributed by atoms with E-state index in [1.807, 2.05) is 24.3 Å². The van der Waals surface area contributed by atoms with Gasteiger partial charge in [-0.25, -0.2) is 4.98 Å². The van der Waals surface area contributed by atoms with Crippen LogP contribution in [0.2, 0.25) is 5.02 Å². The summed E-state index contributed by atoms with van der Waals surface area (Å²) in [5.74, 6) is 2.42. The quantitative estimate of drug-likeness (QED) is 0.906. The van der Waals surface area contributed by atoms with Gasteiger partial charge >= 0.3 is 0 Å². The van der Waals surface area contributed by atoms with E-state index in [0.29, 0.717) is 10.9 Å². The van der Waals surface area contributed by atoms with E-state index < -0.39 is 0 Å². The molecule has 20 heavy (non-hydrogen) atoms. The Kier molecular flexibility index (Phi) is 3.70. The number of rotatable bonds is 3. The van der Waals surface area contributed by atoms with Crippen LogP contribution in [0.4, 0.5) is 5.82 Å². The lowest BCUT2D eigenvalue weighted by Gasteiger charge is -2.11. The van der Waals surface area contributed by atoms with E-state index in [1.54, 1.807) is 0 Å². The Labute approximate surface area is 124 Å². The van der Waals surface area contributed by atoms with Crippen LogP contribution < -0.4 is 5.73 Å². The lowest BCUT2D eigenvalue weighted by molar-refractivity contribution is 0.604. The summed E-state index contributed by atoms with van der Waals surface area (Å²) in [6.45, 7) is 2.97. The molecule has 0 bridgehead atoms. The maximum Gasteiger partial charge on any atom is 0.131 e. The molecule has 1 aromatic carbocycles. The molecule has 2 N–H and O–H groups in total. The van der Waals surface area contributed by atoms with E-state index >= 15 is 0 Å². The molecule has 0 atom stereocenters. The summed E-state index contributed by atoms with van der Waals surface area (Å²) < 4.78 is 2.15. The number of halogens is 1. The first kappa shape index (κ1) is 13.5. The summed E-state index contributed by atoms with van der Waals surface area (Å²) in [4.78, 5) is 4.85. The minimum absolute atomic E-state index is 0.550. The van der Waals surface area contributed by atoms with Gasteiger partial charge in [-0.2, -0.15) is 0 Å². The average Bonchev–Trinajstić information content (AvgIpc) is 3.07. The maximum absolute atomic E-state index is 6.33. The van der Waals surface area contributed by atoms with Crippen LogP contribution in [0.5, 0.6) is 0 Å². The van der Waals surface area contributed by atoms with Crippen LogP contribution in [0.3, 0.4) is 0 Å². The average molecular weight is 290 g/mol. The second-order valence-corrected chi connectivity index (χ2v) is 5.82. The molecule has 1 heterocycles. The molecule has 0 amide bonds. The Balaban J connectivity index is 2.11. The molecule has 1 aliphatic rings. The number of anilines is 1. The van der Waals surface area contributed by atoms with Crippen molar-refractivity contribution in [3.63, 3.8) is 0 Å². The molecule has 1 aliphatic carbocycles. The number of nitrogens with two attached hydrogens (primary N) is 1. The Morgan fingerprint density at radius 1 is 1.30 bits per heavy atom. The second-order valence-electron chi connectivity index (χ2n) is 5.41. The first-order chi connectivity index (χ1) is 9.72. The SMILES string of the molecule is CCn1c(C2CCCC2)nc(-c2ccccc2Cl)c1N. The van der Waals surface area contributed by atoms with Crippen LogP contribution in [0, 0.1) is 0 Å². The summed E-state index contributed by atoms with van der Waals surface area (Å²) in [6, 6.07) is 7.77. The fourth-order valence-corrected chi connectivity index (χ4v) is 3.39.